The molecule has 0 spiro atoms. The summed E-state index contributed by atoms with van der Waals surface area (Å²) < 4.78 is 22.6. The summed E-state index contributed by atoms with van der Waals surface area (Å²) in [6, 6.07) is 3.95. The van der Waals surface area contributed by atoms with E-state index in [0.29, 0.717) is 71.0 Å². The van der Waals surface area contributed by atoms with Crippen molar-refractivity contribution in [2.75, 3.05) is 96.8 Å². The Labute approximate surface area is 507 Å². The molecule has 0 aliphatic heterocycles. The van der Waals surface area contributed by atoms with E-state index < -0.39 is 11.9 Å². The topological polar surface area (TPSA) is 370 Å². The van der Waals surface area contributed by atoms with Gasteiger partial charge in [-0.3, -0.25) is 38.4 Å². The van der Waals surface area contributed by atoms with E-state index in [-0.39, 0.29) is 42.0 Å². The maximum Gasteiger partial charge on any atom is 0.305 e. The van der Waals surface area contributed by atoms with E-state index in [9.17, 15) is 38.4 Å². The summed E-state index contributed by atoms with van der Waals surface area (Å²) in [5.74, 6) is -1.80. The van der Waals surface area contributed by atoms with Crippen LogP contribution in [-0.2, 0) is 62.0 Å². The number of hydrogen-bond acceptors (Lipinski definition) is 17. The second-order valence-electron chi connectivity index (χ2n) is 16.0. The number of unbranched alkanes of at least 4 members (excludes halogenated alkanes) is 3. The molecule has 4 amide bonds. The highest BCUT2D eigenvalue weighted by atomic mass is 16.5. The van der Waals surface area contributed by atoms with Gasteiger partial charge in [-0.25, -0.2) is 0 Å². The minimum atomic E-state index is -0.745. The molecule has 0 rings (SSSR count). The van der Waals surface area contributed by atoms with Crippen molar-refractivity contribution in [3.05, 3.63) is 0 Å². The van der Waals surface area contributed by atoms with Crippen molar-refractivity contribution in [1.29, 1.82) is 10.5 Å². The predicted octanol–water partition coefficient (Wildman–Crippen LogP) is 10.9. The molecule has 0 saturated heterocycles. The van der Waals surface area contributed by atoms with E-state index in [1.807, 2.05) is 74.5 Å². The van der Waals surface area contributed by atoms with Crippen molar-refractivity contribution in [3.63, 3.8) is 0 Å². The summed E-state index contributed by atoms with van der Waals surface area (Å²) >= 11 is 0. The molecule has 0 radical (unpaired) electrons. The van der Waals surface area contributed by atoms with Crippen LogP contribution in [0, 0.1) is 22.7 Å². The van der Waals surface area contributed by atoms with Gasteiger partial charge in [0.2, 0.25) is 23.6 Å². The number of carbonyl (C=O) groups is 8. The van der Waals surface area contributed by atoms with Gasteiger partial charge in [0.15, 0.2) is 0 Å². The van der Waals surface area contributed by atoms with E-state index in [1.165, 1.54) is 27.1 Å². The van der Waals surface area contributed by atoms with Crippen LogP contribution in [-0.4, -0.2) is 175 Å². The average Bonchev–Trinajstić information content (AvgIpc) is 3.46. The smallest absolute Gasteiger partial charge is 0.305 e. The monoisotopic (exact) mass is 1210 g/mol. The summed E-state index contributed by atoms with van der Waals surface area (Å²) in [4.78, 5) is 82.8. The number of carboxylic acids is 2. The highest BCUT2D eigenvalue weighted by molar-refractivity contribution is 5.75. The lowest BCUT2D eigenvalue weighted by molar-refractivity contribution is -0.141. The third-order valence-electron chi connectivity index (χ3n) is 7.23. The Morgan fingerprint density at radius 2 is 0.795 bits per heavy atom. The van der Waals surface area contributed by atoms with Gasteiger partial charge in [0.25, 0.3) is 0 Å². The molecule has 0 fully saturated rings. The molecule has 0 aliphatic carbocycles. The van der Waals surface area contributed by atoms with Gasteiger partial charge in [-0.2, -0.15) is 10.5 Å². The zero-order chi connectivity index (χ0) is 69.1. The van der Waals surface area contributed by atoms with Gasteiger partial charge in [-0.15, -0.1) is 0 Å². The van der Waals surface area contributed by atoms with Gasteiger partial charge in [0, 0.05) is 147 Å². The van der Waals surface area contributed by atoms with Crippen molar-refractivity contribution in [3.8, 4) is 12.1 Å². The minimum Gasteiger partial charge on any atom is -0.481 e. The van der Waals surface area contributed by atoms with E-state index in [4.69, 9.17) is 46.2 Å². The Bertz CT molecular complexity index is 1260. The summed E-state index contributed by atoms with van der Waals surface area (Å²) in [6.45, 7) is 31.9. The van der Waals surface area contributed by atoms with Crippen LogP contribution in [0.15, 0.2) is 0 Å². The SMILES string of the molecule is CCC#N.CCC(=O)N(C)C.CCC(=O)O.CCC(=O)OC.CCC(N)=O.CCCC#N.CCCC(=O)N(C)C.CCCC(=O)O.CCCC(=O)OC.CCCC(N)=O.CCCCO.CCCCOC.CCCO.CCCOC.CCOC. The lowest BCUT2D eigenvalue weighted by atomic mass is 10.3. The molecular formula is C60H132N6O17. The number of methoxy groups -OCH3 is 5. The quantitative estimate of drug-likeness (QED) is 0.0433. The first-order valence-electron chi connectivity index (χ1n) is 28.9. The Kier molecular flexibility index (Phi) is 185. The van der Waals surface area contributed by atoms with Crippen LogP contribution >= 0.6 is 0 Å². The zero-order valence-electron chi connectivity index (χ0n) is 57.4. The molecular weight excluding hydrogens is 1080 g/mol. The lowest BCUT2D eigenvalue weighted by Gasteiger charge is -2.07. The number of amides is 4. The van der Waals surface area contributed by atoms with Gasteiger partial charge in [0.1, 0.15) is 0 Å². The largest absolute Gasteiger partial charge is 0.481 e. The Morgan fingerprint density at radius 1 is 0.422 bits per heavy atom. The fourth-order valence-electron chi connectivity index (χ4n) is 2.43. The van der Waals surface area contributed by atoms with Gasteiger partial charge in [-0.05, 0) is 64.7 Å². The normalized spacial score (nSPS) is 7.90. The van der Waals surface area contributed by atoms with E-state index in [1.54, 1.807) is 80.1 Å². The second kappa shape index (κ2) is 132. The maximum absolute atomic E-state index is 10.7. The lowest BCUT2D eigenvalue weighted by Crippen LogP contribution is -2.20. The summed E-state index contributed by atoms with van der Waals surface area (Å²) in [6.07, 6.45) is 15.9. The molecule has 8 N–H and O–H groups in total. The van der Waals surface area contributed by atoms with Gasteiger partial charge < -0.3 is 65.4 Å². The number of hydrogen-bond donors (Lipinski definition) is 6. The Morgan fingerprint density at radius 3 is 0.831 bits per heavy atom. The standard InChI is InChI=1S/C6H13NO.C5H11NO.C5H10O2.C5H12O.C4H9NO.C4H7N.2C4H8O2.2C4H10O.C3H7NO.C3H5N.C3H6O2.2C3H8O/c1-4-5-6(8)7(2)3;1-4-5(7)6(2)3;1-3-4-5(6)7-2;1-3-4-5-6-2;1-2-3-4(5)6;1-2-3-4-5;1-3-4(5)6-2;1-2-3-4(5)6;1-3-4-5-2;1-2-3-4-5;1-2-3(4)5;1-2-3-4;1-2-3(4)5;1-3-4-2;1-2-3-4/h4-5H2,1-3H3;4H2,1-3H3;3-4H2,1-2H3;3-5H2,1-2H3;2-3H2,1H3,(H2,5,6);2-3H2,1H3;3H2,1-2H3;2-3H2,1H3,(H,5,6);3-4H2,1-2H3;5H,2-4H2,1H3;2H2,1H3,(H2,4,5);2H2,1H3;2H2,1H3,(H,4,5);3H2,1-2H3;4H,2-3H2,1H3. The van der Waals surface area contributed by atoms with Gasteiger partial charge in [0.05, 0.1) is 26.4 Å². The summed E-state index contributed by atoms with van der Waals surface area (Å²) in [5, 5.41) is 47.0. The van der Waals surface area contributed by atoms with E-state index in [0.717, 1.165) is 77.6 Å². The van der Waals surface area contributed by atoms with Crippen molar-refractivity contribution >= 4 is 47.5 Å². The number of ether oxygens (including phenoxy) is 5. The molecule has 0 aromatic rings. The van der Waals surface area contributed by atoms with Crippen molar-refractivity contribution in [2.45, 2.75) is 239 Å². The fourth-order valence-corrected chi connectivity index (χ4v) is 2.43. The number of aliphatic carboxylic acids is 2. The number of carboxylic acid groups (broad SMARTS) is 2. The number of nitrogens with zero attached hydrogens (tertiary/aromatic N) is 4. The Hall–Kier alpha value is -5.46. The van der Waals surface area contributed by atoms with E-state index in [2.05, 4.69) is 40.7 Å². The first-order valence-corrected chi connectivity index (χ1v) is 28.9. The Balaban J connectivity index is -0.0000000461. The highest BCUT2D eigenvalue weighted by Gasteiger charge is 1.99. The van der Waals surface area contributed by atoms with Crippen LogP contribution in [0.4, 0.5) is 0 Å². The van der Waals surface area contributed by atoms with Crippen LogP contribution in [0.25, 0.3) is 0 Å². The molecule has 504 valence electrons. The van der Waals surface area contributed by atoms with Gasteiger partial charge in [-0.1, -0.05) is 110 Å². The third-order valence-corrected chi connectivity index (χ3v) is 7.23. The fraction of sp³-hybridized carbons (Fsp3) is 0.833. The molecule has 0 unspecified atom stereocenters. The van der Waals surface area contributed by atoms with Crippen LogP contribution < -0.4 is 11.5 Å². The number of nitrogens with two attached hydrogens (primary N) is 2. The number of rotatable bonds is 22. The first-order chi connectivity index (χ1) is 39.0. The molecule has 0 aromatic heterocycles. The molecule has 0 heterocycles. The van der Waals surface area contributed by atoms with Crippen LogP contribution in [0.1, 0.15) is 239 Å². The molecule has 0 aliphatic rings. The number of nitriles is 2. The summed E-state index contributed by atoms with van der Waals surface area (Å²) in [5.41, 5.74) is 9.42. The number of carbonyl (C=O) groups excluding carboxylic acids is 6. The number of esters is 2. The van der Waals surface area contributed by atoms with Crippen LogP contribution in [0.2, 0.25) is 0 Å². The van der Waals surface area contributed by atoms with Gasteiger partial charge >= 0.3 is 23.9 Å². The van der Waals surface area contributed by atoms with Crippen LogP contribution in [0.5, 0.6) is 0 Å². The first kappa shape index (κ1) is 116. The van der Waals surface area contributed by atoms with Crippen molar-refractivity contribution in [2.24, 2.45) is 11.5 Å². The number of aliphatic hydroxyl groups excluding tert-OH is 2. The summed E-state index contributed by atoms with van der Waals surface area (Å²) in [7, 11) is 15.0. The molecule has 0 atom stereocenters. The highest BCUT2D eigenvalue weighted by Crippen LogP contribution is 1.90. The molecule has 23 heteroatoms. The third kappa shape index (κ3) is 286. The zero-order valence-corrected chi connectivity index (χ0v) is 57.4. The van der Waals surface area contributed by atoms with Crippen LogP contribution in [0.3, 0.4) is 0 Å². The number of aliphatic hydroxyl groups is 2. The van der Waals surface area contributed by atoms with E-state index >= 15 is 0 Å². The minimum absolute atomic E-state index is 0.123. The molecule has 83 heavy (non-hydrogen) atoms. The molecule has 23 nitrogen and oxygen atoms in total. The molecule has 0 saturated carbocycles. The van der Waals surface area contributed by atoms with Crippen molar-refractivity contribution < 1.29 is 82.5 Å². The molecule has 0 aromatic carbocycles. The number of primary amides is 2. The predicted molar refractivity (Wildman–Crippen MR) is 338 cm³/mol. The second-order valence-corrected chi connectivity index (χ2v) is 16.0. The molecule has 0 bridgehead atoms. The maximum atomic E-state index is 10.7. The van der Waals surface area contributed by atoms with Crippen molar-refractivity contribution in [1.82, 2.24) is 9.80 Å². The average molecular weight is 1210 g/mol.